The summed E-state index contributed by atoms with van der Waals surface area (Å²) in [6.45, 7) is 2.11. The van der Waals surface area contributed by atoms with Crippen molar-refractivity contribution >= 4 is 22.5 Å². The van der Waals surface area contributed by atoms with Gasteiger partial charge in [-0.15, -0.1) is 0 Å². The molecule has 0 bridgehead atoms. The molecule has 1 nitrogen and oxygen atoms in total. The summed E-state index contributed by atoms with van der Waals surface area (Å²) in [5.41, 5.74) is 4.70. The molecule has 0 aliphatic heterocycles. The fraction of sp³-hybridized carbons (Fsp3) is 0.125. The Morgan fingerprint density at radius 1 is 0.944 bits per heavy atom. The zero-order chi connectivity index (χ0) is 12.7. The molecule has 0 saturated heterocycles. The Labute approximate surface area is 112 Å². The first-order valence-corrected chi connectivity index (χ1v) is 6.37. The number of rotatable bonds is 1. The van der Waals surface area contributed by atoms with Gasteiger partial charge in [-0.3, -0.25) is 0 Å². The van der Waals surface area contributed by atoms with Crippen molar-refractivity contribution in [1.82, 2.24) is 4.57 Å². The van der Waals surface area contributed by atoms with Crippen LogP contribution >= 0.6 is 11.6 Å². The molecule has 0 atom stereocenters. The number of aryl methyl sites for hydroxylation is 2. The van der Waals surface area contributed by atoms with Crippen LogP contribution in [0.5, 0.6) is 0 Å². The van der Waals surface area contributed by atoms with Gasteiger partial charge in [0.05, 0.1) is 10.7 Å². The molecule has 0 saturated carbocycles. The van der Waals surface area contributed by atoms with E-state index >= 15 is 0 Å². The highest BCUT2D eigenvalue weighted by atomic mass is 35.5. The van der Waals surface area contributed by atoms with Crippen LogP contribution in [-0.4, -0.2) is 4.57 Å². The van der Waals surface area contributed by atoms with Crippen LogP contribution in [0.4, 0.5) is 0 Å². The Morgan fingerprint density at radius 2 is 1.61 bits per heavy atom. The Balaban J connectivity index is 2.40. The number of hydrogen-bond acceptors (Lipinski definition) is 0. The molecule has 0 radical (unpaired) electrons. The lowest BCUT2D eigenvalue weighted by atomic mass is 10.1. The third-order valence-electron chi connectivity index (χ3n) is 3.45. The lowest BCUT2D eigenvalue weighted by Gasteiger charge is -2.08. The Hall–Kier alpha value is -1.73. The number of fused-ring (bicyclic) bond motifs is 1. The summed E-state index contributed by atoms with van der Waals surface area (Å²) < 4.78 is 2.17. The quantitative estimate of drug-likeness (QED) is 0.588. The first-order chi connectivity index (χ1) is 8.70. The summed E-state index contributed by atoms with van der Waals surface area (Å²) >= 11 is 6.55. The predicted molar refractivity (Wildman–Crippen MR) is 78.1 cm³/mol. The molecular formula is C16H14ClN. The summed E-state index contributed by atoms with van der Waals surface area (Å²) in [6, 6.07) is 16.6. The fourth-order valence-corrected chi connectivity index (χ4v) is 2.87. The van der Waals surface area contributed by atoms with Crippen LogP contribution in [0.3, 0.4) is 0 Å². The smallest absolute Gasteiger partial charge is 0.0742 e. The largest absolute Gasteiger partial charge is 0.342 e. The van der Waals surface area contributed by atoms with Crippen LogP contribution in [0.2, 0.25) is 5.02 Å². The van der Waals surface area contributed by atoms with Gasteiger partial charge in [-0.2, -0.15) is 0 Å². The van der Waals surface area contributed by atoms with Crippen molar-refractivity contribution in [3.63, 3.8) is 0 Å². The van der Waals surface area contributed by atoms with E-state index < -0.39 is 0 Å². The molecule has 0 aliphatic rings. The van der Waals surface area contributed by atoms with Crippen LogP contribution in [0.25, 0.3) is 22.2 Å². The molecule has 0 spiro atoms. The Morgan fingerprint density at radius 3 is 2.33 bits per heavy atom. The fourth-order valence-electron chi connectivity index (χ4n) is 2.48. The summed E-state index contributed by atoms with van der Waals surface area (Å²) in [5, 5.41) is 1.95. The molecule has 1 heterocycles. The van der Waals surface area contributed by atoms with Crippen LogP contribution < -0.4 is 0 Å². The lowest BCUT2D eigenvalue weighted by Crippen LogP contribution is -1.93. The Kier molecular flexibility index (Phi) is 2.64. The van der Waals surface area contributed by atoms with Crippen LogP contribution in [0, 0.1) is 6.92 Å². The van der Waals surface area contributed by atoms with E-state index in [1.54, 1.807) is 0 Å². The SMILES string of the molecule is Cc1ccccc1-c1c(Cl)c2ccccc2n1C. The molecule has 0 aliphatic carbocycles. The van der Waals surface area contributed by atoms with Gasteiger partial charge in [-0.05, 0) is 18.6 Å². The van der Waals surface area contributed by atoms with Gasteiger partial charge >= 0.3 is 0 Å². The molecule has 1 aromatic heterocycles. The van der Waals surface area contributed by atoms with Crippen molar-refractivity contribution in [2.45, 2.75) is 6.92 Å². The molecular weight excluding hydrogens is 242 g/mol. The number of halogens is 1. The van der Waals surface area contributed by atoms with E-state index in [-0.39, 0.29) is 0 Å². The molecule has 18 heavy (non-hydrogen) atoms. The van der Waals surface area contributed by atoms with Gasteiger partial charge in [0.2, 0.25) is 0 Å². The second-order valence-corrected chi connectivity index (χ2v) is 4.93. The predicted octanol–water partition coefficient (Wildman–Crippen LogP) is 4.81. The molecule has 90 valence electrons. The molecule has 0 amide bonds. The number of hydrogen-bond donors (Lipinski definition) is 0. The van der Waals surface area contributed by atoms with Gasteiger partial charge in [-0.25, -0.2) is 0 Å². The average Bonchev–Trinajstić information content (AvgIpc) is 2.64. The van der Waals surface area contributed by atoms with Crippen molar-refractivity contribution in [3.05, 3.63) is 59.1 Å². The van der Waals surface area contributed by atoms with E-state index in [4.69, 9.17) is 11.6 Å². The van der Waals surface area contributed by atoms with Crippen molar-refractivity contribution in [2.75, 3.05) is 0 Å². The van der Waals surface area contributed by atoms with E-state index in [0.29, 0.717) is 0 Å². The average molecular weight is 256 g/mol. The normalized spacial score (nSPS) is 11.1. The maximum Gasteiger partial charge on any atom is 0.0742 e. The first-order valence-electron chi connectivity index (χ1n) is 5.99. The number of aromatic nitrogens is 1. The van der Waals surface area contributed by atoms with Gasteiger partial charge in [0.1, 0.15) is 0 Å². The third kappa shape index (κ3) is 1.55. The standard InChI is InChI=1S/C16H14ClN/c1-11-7-3-4-8-12(11)16-15(17)13-9-5-6-10-14(13)18(16)2/h3-10H,1-2H3. The summed E-state index contributed by atoms with van der Waals surface area (Å²) in [6.07, 6.45) is 0. The zero-order valence-electron chi connectivity index (χ0n) is 10.4. The van der Waals surface area contributed by atoms with Crippen molar-refractivity contribution in [2.24, 2.45) is 7.05 Å². The molecule has 2 heteroatoms. The second-order valence-electron chi connectivity index (χ2n) is 4.55. The third-order valence-corrected chi connectivity index (χ3v) is 3.83. The second kappa shape index (κ2) is 4.18. The topological polar surface area (TPSA) is 4.93 Å². The van der Waals surface area contributed by atoms with E-state index in [1.807, 2.05) is 12.1 Å². The van der Waals surface area contributed by atoms with E-state index in [0.717, 1.165) is 16.1 Å². The van der Waals surface area contributed by atoms with Gasteiger partial charge in [-0.1, -0.05) is 54.1 Å². The summed E-state index contributed by atoms with van der Waals surface area (Å²) in [7, 11) is 2.07. The van der Waals surface area contributed by atoms with Gasteiger partial charge in [0.25, 0.3) is 0 Å². The minimum Gasteiger partial charge on any atom is -0.342 e. The minimum atomic E-state index is 0.836. The molecule has 0 fully saturated rings. The van der Waals surface area contributed by atoms with E-state index in [9.17, 15) is 0 Å². The zero-order valence-corrected chi connectivity index (χ0v) is 11.2. The monoisotopic (exact) mass is 255 g/mol. The molecule has 3 rings (SSSR count). The van der Waals surface area contributed by atoms with E-state index in [1.165, 1.54) is 16.6 Å². The van der Waals surface area contributed by atoms with Crippen molar-refractivity contribution in [1.29, 1.82) is 0 Å². The molecule has 0 unspecified atom stereocenters. The van der Waals surface area contributed by atoms with Crippen molar-refractivity contribution < 1.29 is 0 Å². The van der Waals surface area contributed by atoms with Gasteiger partial charge < -0.3 is 4.57 Å². The molecule has 0 N–H and O–H groups in total. The highest BCUT2D eigenvalue weighted by molar-refractivity contribution is 6.38. The van der Waals surface area contributed by atoms with Crippen LogP contribution in [0.15, 0.2) is 48.5 Å². The number of benzene rings is 2. The number of para-hydroxylation sites is 1. The first kappa shape index (κ1) is 11.4. The van der Waals surface area contributed by atoms with E-state index in [2.05, 4.69) is 54.9 Å². The van der Waals surface area contributed by atoms with Crippen LogP contribution in [0.1, 0.15) is 5.56 Å². The summed E-state index contributed by atoms with van der Waals surface area (Å²) in [4.78, 5) is 0. The number of nitrogens with zero attached hydrogens (tertiary/aromatic N) is 1. The maximum absolute atomic E-state index is 6.55. The maximum atomic E-state index is 6.55. The van der Waals surface area contributed by atoms with Gasteiger partial charge in [0, 0.05) is 23.5 Å². The van der Waals surface area contributed by atoms with Gasteiger partial charge in [0.15, 0.2) is 0 Å². The lowest BCUT2D eigenvalue weighted by molar-refractivity contribution is 0.977. The Bertz CT molecular complexity index is 686. The summed E-state index contributed by atoms with van der Waals surface area (Å²) in [5.74, 6) is 0. The van der Waals surface area contributed by atoms with Crippen molar-refractivity contribution in [3.8, 4) is 11.3 Å². The molecule has 3 aromatic rings. The highest BCUT2D eigenvalue weighted by Crippen LogP contribution is 2.37. The van der Waals surface area contributed by atoms with Crippen LogP contribution in [-0.2, 0) is 7.05 Å². The highest BCUT2D eigenvalue weighted by Gasteiger charge is 2.15. The molecule has 2 aromatic carbocycles. The minimum absolute atomic E-state index is 0.836.